The molecular weight excluding hydrogens is 332 g/mol. The molecule has 1 fully saturated rings. The van der Waals surface area contributed by atoms with Gasteiger partial charge in [0.2, 0.25) is 0 Å². The highest BCUT2D eigenvalue weighted by Crippen LogP contribution is 2.34. The molecule has 4 rings (SSSR count). The van der Waals surface area contributed by atoms with Gasteiger partial charge in [-0.3, -0.25) is 0 Å². The minimum Gasteiger partial charge on any atom is -0.387 e. The second kappa shape index (κ2) is 7.12. The van der Waals surface area contributed by atoms with E-state index >= 15 is 0 Å². The summed E-state index contributed by atoms with van der Waals surface area (Å²) in [6.07, 6.45) is 2.71. The van der Waals surface area contributed by atoms with Crippen LogP contribution in [0.3, 0.4) is 0 Å². The normalized spacial score (nSPS) is 19.0. The molecule has 4 heteroatoms. The Balaban J connectivity index is 1.87. The lowest BCUT2D eigenvalue weighted by molar-refractivity contribution is 0.115. The van der Waals surface area contributed by atoms with Crippen LogP contribution in [0.4, 0.5) is 0 Å². The highest BCUT2D eigenvalue weighted by molar-refractivity contribution is 6.35. The highest BCUT2D eigenvalue weighted by Gasteiger charge is 2.25. The number of rotatable bonds is 3. The summed E-state index contributed by atoms with van der Waals surface area (Å²) in [5, 5.41) is 16.1. The number of piperidine rings is 1. The van der Waals surface area contributed by atoms with Crippen molar-refractivity contribution in [3.8, 4) is 11.3 Å². The first-order valence-electron chi connectivity index (χ1n) is 8.80. The van der Waals surface area contributed by atoms with E-state index in [0.29, 0.717) is 5.02 Å². The van der Waals surface area contributed by atoms with Crippen molar-refractivity contribution in [1.29, 1.82) is 0 Å². The molecule has 0 saturated carbocycles. The van der Waals surface area contributed by atoms with Crippen molar-refractivity contribution < 1.29 is 5.11 Å². The van der Waals surface area contributed by atoms with Crippen molar-refractivity contribution in [2.45, 2.75) is 31.4 Å². The molecule has 2 aromatic carbocycles. The van der Waals surface area contributed by atoms with E-state index < -0.39 is 6.10 Å². The van der Waals surface area contributed by atoms with Crippen LogP contribution in [0, 0.1) is 0 Å². The zero-order chi connectivity index (χ0) is 17.2. The fourth-order valence-corrected chi connectivity index (χ4v) is 3.82. The molecule has 0 spiro atoms. The molecule has 25 heavy (non-hydrogen) atoms. The number of hydrogen-bond acceptors (Lipinski definition) is 3. The molecule has 3 aromatic rings. The van der Waals surface area contributed by atoms with Gasteiger partial charge >= 0.3 is 0 Å². The summed E-state index contributed by atoms with van der Waals surface area (Å²) in [7, 11) is 0. The van der Waals surface area contributed by atoms with Gasteiger partial charge in [0.15, 0.2) is 0 Å². The summed E-state index contributed by atoms with van der Waals surface area (Å²) in [6, 6.07) is 17.9. The van der Waals surface area contributed by atoms with Crippen LogP contribution in [0.5, 0.6) is 0 Å². The van der Waals surface area contributed by atoms with Gasteiger partial charge in [-0.2, -0.15) is 0 Å². The number of para-hydroxylation sites is 1. The van der Waals surface area contributed by atoms with Crippen LogP contribution >= 0.6 is 11.6 Å². The number of benzene rings is 2. The number of fused-ring (bicyclic) bond motifs is 1. The molecule has 0 aliphatic carbocycles. The number of aliphatic hydroxyl groups is 1. The number of aromatic nitrogens is 1. The Kier molecular flexibility index (Phi) is 4.71. The van der Waals surface area contributed by atoms with Gasteiger partial charge < -0.3 is 10.4 Å². The minimum absolute atomic E-state index is 0.0713. The van der Waals surface area contributed by atoms with Crippen LogP contribution in [0.1, 0.15) is 30.9 Å². The SMILES string of the molecule is OC(c1cc(-c2ccccc2)nc2c(Cl)cccc12)C1CCCCN1. The van der Waals surface area contributed by atoms with Gasteiger partial charge in [0.05, 0.1) is 22.3 Å². The molecule has 1 aliphatic heterocycles. The van der Waals surface area contributed by atoms with E-state index in [2.05, 4.69) is 5.32 Å². The van der Waals surface area contributed by atoms with E-state index in [-0.39, 0.29) is 6.04 Å². The molecule has 2 unspecified atom stereocenters. The molecule has 2 atom stereocenters. The highest BCUT2D eigenvalue weighted by atomic mass is 35.5. The van der Waals surface area contributed by atoms with Crippen LogP contribution in [0.2, 0.25) is 5.02 Å². The van der Waals surface area contributed by atoms with E-state index in [1.807, 2.05) is 54.6 Å². The maximum atomic E-state index is 11.1. The fourth-order valence-electron chi connectivity index (χ4n) is 3.61. The van der Waals surface area contributed by atoms with E-state index in [9.17, 15) is 5.11 Å². The van der Waals surface area contributed by atoms with E-state index in [4.69, 9.17) is 16.6 Å². The Hall–Kier alpha value is -1.94. The van der Waals surface area contributed by atoms with E-state index in [1.165, 1.54) is 6.42 Å². The van der Waals surface area contributed by atoms with Gasteiger partial charge in [-0.15, -0.1) is 0 Å². The first kappa shape index (κ1) is 16.5. The third-order valence-electron chi connectivity index (χ3n) is 4.94. The van der Waals surface area contributed by atoms with Gasteiger partial charge in [0.25, 0.3) is 0 Å². The summed E-state index contributed by atoms with van der Waals surface area (Å²) >= 11 is 6.42. The maximum absolute atomic E-state index is 11.1. The van der Waals surface area contributed by atoms with Crippen molar-refractivity contribution in [2.24, 2.45) is 0 Å². The lowest BCUT2D eigenvalue weighted by Gasteiger charge is -2.29. The van der Waals surface area contributed by atoms with Crippen LogP contribution in [0.15, 0.2) is 54.6 Å². The lowest BCUT2D eigenvalue weighted by Crippen LogP contribution is -2.38. The van der Waals surface area contributed by atoms with Crippen LogP contribution in [0.25, 0.3) is 22.2 Å². The summed E-state index contributed by atoms with van der Waals surface area (Å²) in [4.78, 5) is 4.77. The number of aliphatic hydroxyl groups excluding tert-OH is 1. The van der Waals surface area contributed by atoms with Gasteiger partial charge in [-0.1, -0.05) is 60.5 Å². The fraction of sp³-hybridized carbons (Fsp3) is 0.286. The van der Waals surface area contributed by atoms with E-state index in [1.54, 1.807) is 0 Å². The number of halogens is 1. The zero-order valence-electron chi connectivity index (χ0n) is 14.0. The van der Waals surface area contributed by atoms with Crippen LogP contribution in [-0.2, 0) is 0 Å². The zero-order valence-corrected chi connectivity index (χ0v) is 14.7. The minimum atomic E-state index is -0.577. The quantitative estimate of drug-likeness (QED) is 0.716. The third-order valence-corrected chi connectivity index (χ3v) is 5.25. The maximum Gasteiger partial charge on any atom is 0.0950 e. The molecule has 1 aliphatic rings. The second-order valence-corrected chi connectivity index (χ2v) is 7.01. The molecule has 128 valence electrons. The number of nitrogens with zero attached hydrogens (tertiary/aromatic N) is 1. The summed E-state index contributed by atoms with van der Waals surface area (Å²) in [5.41, 5.74) is 3.50. The Morgan fingerprint density at radius 1 is 1.08 bits per heavy atom. The van der Waals surface area contributed by atoms with Gasteiger partial charge in [-0.05, 0) is 37.1 Å². The number of pyridine rings is 1. The summed E-state index contributed by atoms with van der Waals surface area (Å²) in [6.45, 7) is 0.955. The molecule has 2 heterocycles. The average molecular weight is 353 g/mol. The monoisotopic (exact) mass is 352 g/mol. The Labute approximate surface area is 152 Å². The predicted octanol–water partition coefficient (Wildman–Crippen LogP) is 4.73. The smallest absolute Gasteiger partial charge is 0.0950 e. The first-order chi connectivity index (χ1) is 12.2. The van der Waals surface area contributed by atoms with E-state index in [0.717, 1.165) is 47.1 Å². The molecule has 2 N–H and O–H groups in total. The second-order valence-electron chi connectivity index (χ2n) is 6.60. The van der Waals surface area contributed by atoms with Gasteiger partial charge in [0, 0.05) is 17.0 Å². The van der Waals surface area contributed by atoms with Crippen LogP contribution < -0.4 is 5.32 Å². The lowest BCUT2D eigenvalue weighted by atomic mass is 9.92. The molecular formula is C21H21ClN2O. The molecule has 0 radical (unpaired) electrons. The van der Waals surface area contributed by atoms with Crippen molar-refractivity contribution in [3.05, 3.63) is 65.2 Å². The molecule has 0 bridgehead atoms. The van der Waals surface area contributed by atoms with Gasteiger partial charge in [0.1, 0.15) is 0 Å². The van der Waals surface area contributed by atoms with Crippen molar-refractivity contribution in [1.82, 2.24) is 10.3 Å². The van der Waals surface area contributed by atoms with Crippen molar-refractivity contribution >= 4 is 22.5 Å². The molecule has 1 saturated heterocycles. The number of hydrogen-bond donors (Lipinski definition) is 2. The molecule has 0 amide bonds. The van der Waals surface area contributed by atoms with Crippen molar-refractivity contribution in [2.75, 3.05) is 6.54 Å². The summed E-state index contributed by atoms with van der Waals surface area (Å²) < 4.78 is 0. The van der Waals surface area contributed by atoms with Gasteiger partial charge in [-0.25, -0.2) is 4.98 Å². The molecule has 1 aromatic heterocycles. The largest absolute Gasteiger partial charge is 0.387 e. The Morgan fingerprint density at radius 2 is 1.92 bits per heavy atom. The topological polar surface area (TPSA) is 45.2 Å². The first-order valence-corrected chi connectivity index (χ1v) is 9.18. The predicted molar refractivity (Wildman–Crippen MR) is 103 cm³/mol. The van der Waals surface area contributed by atoms with Crippen LogP contribution in [-0.4, -0.2) is 22.7 Å². The van der Waals surface area contributed by atoms with Crippen molar-refractivity contribution in [3.63, 3.8) is 0 Å². The Bertz CT molecular complexity index is 876. The molecule has 3 nitrogen and oxygen atoms in total. The summed E-state index contributed by atoms with van der Waals surface area (Å²) in [5.74, 6) is 0. The standard InChI is InChI=1S/C21H21ClN2O/c22-17-10-6-9-15-16(21(25)18-11-4-5-12-23-18)13-19(24-20(15)17)14-7-2-1-3-8-14/h1-3,6-10,13,18,21,23,25H,4-5,11-12H2. The number of nitrogens with one attached hydrogen (secondary N) is 1. The third kappa shape index (κ3) is 3.28. The Morgan fingerprint density at radius 3 is 2.68 bits per heavy atom. The average Bonchev–Trinajstić information content (AvgIpc) is 2.68.